The van der Waals surface area contributed by atoms with Crippen molar-refractivity contribution in [2.75, 3.05) is 33.7 Å². The van der Waals surface area contributed by atoms with Crippen molar-refractivity contribution >= 4 is 21.8 Å². The highest BCUT2D eigenvalue weighted by atomic mass is 79.9. The molecule has 0 fully saturated rings. The highest BCUT2D eigenvalue weighted by Crippen LogP contribution is 2.12. The van der Waals surface area contributed by atoms with Gasteiger partial charge in [0.1, 0.15) is 0 Å². The predicted molar refractivity (Wildman–Crippen MR) is 81.8 cm³/mol. The molecule has 4 nitrogen and oxygen atoms in total. The van der Waals surface area contributed by atoms with Gasteiger partial charge in [0.15, 0.2) is 0 Å². The van der Waals surface area contributed by atoms with Crippen LogP contribution in [0.4, 0.5) is 0 Å². The van der Waals surface area contributed by atoms with Crippen molar-refractivity contribution in [3.05, 3.63) is 34.3 Å². The molecule has 5 heteroatoms. The fraction of sp³-hybridized carbons (Fsp3) is 0.500. The predicted octanol–water partition coefficient (Wildman–Crippen LogP) is 1.69. The minimum absolute atomic E-state index is 0.131. The Morgan fingerprint density at radius 1 is 1.37 bits per heavy atom. The molecule has 0 aromatic heterocycles. The number of hydrogen-bond acceptors (Lipinski definition) is 3. The van der Waals surface area contributed by atoms with Crippen molar-refractivity contribution in [1.82, 2.24) is 9.80 Å². The van der Waals surface area contributed by atoms with E-state index in [0.717, 1.165) is 24.0 Å². The quantitative estimate of drug-likeness (QED) is 0.829. The molecule has 0 aliphatic carbocycles. The maximum atomic E-state index is 12.0. The third kappa shape index (κ3) is 6.18. The van der Waals surface area contributed by atoms with E-state index in [1.165, 1.54) is 5.56 Å². The topological polar surface area (TPSA) is 49.6 Å². The number of nitrogens with zero attached hydrogens (tertiary/aromatic N) is 2. The van der Waals surface area contributed by atoms with E-state index in [-0.39, 0.29) is 5.91 Å². The summed E-state index contributed by atoms with van der Waals surface area (Å²) in [5, 5.41) is 0. The van der Waals surface area contributed by atoms with Gasteiger partial charge < -0.3 is 10.6 Å². The van der Waals surface area contributed by atoms with Crippen molar-refractivity contribution in [1.29, 1.82) is 0 Å². The summed E-state index contributed by atoms with van der Waals surface area (Å²) in [5.74, 6) is 0.131. The normalized spacial score (nSPS) is 10.8. The molecule has 1 rings (SSSR count). The van der Waals surface area contributed by atoms with Crippen molar-refractivity contribution in [3.8, 4) is 0 Å². The van der Waals surface area contributed by atoms with E-state index < -0.39 is 0 Å². The summed E-state index contributed by atoms with van der Waals surface area (Å²) >= 11 is 3.45. The summed E-state index contributed by atoms with van der Waals surface area (Å²) in [6, 6.07) is 8.13. The van der Waals surface area contributed by atoms with E-state index in [1.807, 2.05) is 31.1 Å². The van der Waals surface area contributed by atoms with Crippen LogP contribution >= 0.6 is 15.9 Å². The van der Waals surface area contributed by atoms with Crippen LogP contribution in [0.3, 0.4) is 0 Å². The molecule has 2 N–H and O–H groups in total. The Bertz CT molecular complexity index is 411. The number of carbonyl (C=O) groups is 1. The summed E-state index contributed by atoms with van der Waals surface area (Å²) in [6.45, 7) is 2.52. The minimum Gasteiger partial charge on any atom is -0.345 e. The summed E-state index contributed by atoms with van der Waals surface area (Å²) < 4.78 is 1.06. The zero-order chi connectivity index (χ0) is 14.3. The Labute approximate surface area is 123 Å². The molecule has 106 valence electrons. The summed E-state index contributed by atoms with van der Waals surface area (Å²) in [7, 11) is 3.78. The number of rotatable bonds is 7. The van der Waals surface area contributed by atoms with Crippen LogP contribution in [0.5, 0.6) is 0 Å². The van der Waals surface area contributed by atoms with Crippen molar-refractivity contribution in [2.45, 2.75) is 13.0 Å². The Hall–Kier alpha value is -0.910. The van der Waals surface area contributed by atoms with Crippen LogP contribution in [0, 0.1) is 0 Å². The van der Waals surface area contributed by atoms with E-state index in [9.17, 15) is 4.79 Å². The first-order valence-electron chi connectivity index (χ1n) is 6.40. The fourth-order valence-electron chi connectivity index (χ4n) is 1.81. The highest BCUT2D eigenvalue weighted by Gasteiger charge is 2.11. The first-order valence-corrected chi connectivity index (χ1v) is 7.19. The highest BCUT2D eigenvalue weighted by molar-refractivity contribution is 9.10. The van der Waals surface area contributed by atoms with Crippen molar-refractivity contribution in [2.24, 2.45) is 5.73 Å². The van der Waals surface area contributed by atoms with Gasteiger partial charge in [-0.2, -0.15) is 0 Å². The molecule has 0 saturated heterocycles. The van der Waals surface area contributed by atoms with Gasteiger partial charge >= 0.3 is 0 Å². The Morgan fingerprint density at radius 2 is 2.11 bits per heavy atom. The second-order valence-electron chi connectivity index (χ2n) is 4.76. The van der Waals surface area contributed by atoms with E-state index >= 15 is 0 Å². The lowest BCUT2D eigenvalue weighted by Gasteiger charge is -2.21. The molecule has 19 heavy (non-hydrogen) atoms. The van der Waals surface area contributed by atoms with E-state index in [0.29, 0.717) is 13.1 Å². The average Bonchev–Trinajstić information content (AvgIpc) is 2.35. The number of nitrogens with two attached hydrogens (primary N) is 1. The maximum Gasteiger partial charge on any atom is 0.236 e. The van der Waals surface area contributed by atoms with Gasteiger partial charge in [0, 0.05) is 24.6 Å². The molecule has 1 aromatic carbocycles. The Balaban J connectivity index is 2.42. The molecule has 1 aromatic rings. The van der Waals surface area contributed by atoms with Gasteiger partial charge in [0.05, 0.1) is 6.54 Å². The van der Waals surface area contributed by atoms with Gasteiger partial charge in [-0.3, -0.25) is 9.69 Å². The minimum atomic E-state index is 0.131. The van der Waals surface area contributed by atoms with E-state index in [1.54, 1.807) is 4.90 Å². The van der Waals surface area contributed by atoms with Crippen LogP contribution in [-0.2, 0) is 11.3 Å². The van der Waals surface area contributed by atoms with Gasteiger partial charge in [-0.25, -0.2) is 0 Å². The third-order valence-corrected chi connectivity index (χ3v) is 3.36. The Kier molecular flexibility index (Phi) is 7.05. The first kappa shape index (κ1) is 16.1. The fourth-order valence-corrected chi connectivity index (χ4v) is 2.25. The Morgan fingerprint density at radius 3 is 2.74 bits per heavy atom. The van der Waals surface area contributed by atoms with E-state index in [4.69, 9.17) is 5.73 Å². The molecule has 0 unspecified atom stereocenters. The summed E-state index contributed by atoms with van der Waals surface area (Å²) in [4.78, 5) is 15.7. The van der Waals surface area contributed by atoms with Gasteiger partial charge in [0.25, 0.3) is 0 Å². The molecule has 0 radical (unpaired) electrons. The number of likely N-dealkylation sites (N-methyl/N-ethyl adjacent to an activating group) is 2. The van der Waals surface area contributed by atoms with Crippen LogP contribution in [-0.4, -0.2) is 49.4 Å². The number of benzene rings is 1. The maximum absolute atomic E-state index is 12.0. The van der Waals surface area contributed by atoms with E-state index in [2.05, 4.69) is 28.1 Å². The van der Waals surface area contributed by atoms with Gasteiger partial charge in [-0.15, -0.1) is 0 Å². The molecule has 0 bridgehead atoms. The zero-order valence-electron chi connectivity index (χ0n) is 11.6. The van der Waals surface area contributed by atoms with Crippen LogP contribution < -0.4 is 5.73 Å². The molecule has 0 saturated carbocycles. The smallest absolute Gasteiger partial charge is 0.236 e. The van der Waals surface area contributed by atoms with Gasteiger partial charge in [0.2, 0.25) is 5.91 Å². The van der Waals surface area contributed by atoms with Crippen LogP contribution in [0.25, 0.3) is 0 Å². The van der Waals surface area contributed by atoms with Crippen molar-refractivity contribution < 1.29 is 4.79 Å². The van der Waals surface area contributed by atoms with Crippen LogP contribution in [0.2, 0.25) is 0 Å². The first-order chi connectivity index (χ1) is 9.02. The second kappa shape index (κ2) is 8.30. The number of amides is 1. The molecule has 0 spiro atoms. The third-order valence-electron chi connectivity index (χ3n) is 2.87. The number of halogens is 1. The number of carbonyl (C=O) groups excluding carboxylic acids is 1. The molecular weight excluding hydrogens is 306 g/mol. The SMILES string of the molecule is CN(CC(=O)N(C)CCCN)Cc1cccc(Br)c1. The largest absolute Gasteiger partial charge is 0.345 e. The lowest BCUT2D eigenvalue weighted by molar-refractivity contribution is -0.130. The number of hydrogen-bond donors (Lipinski definition) is 1. The zero-order valence-corrected chi connectivity index (χ0v) is 13.2. The lowest BCUT2D eigenvalue weighted by Crippen LogP contribution is -2.37. The molecule has 0 aliphatic heterocycles. The van der Waals surface area contributed by atoms with Crippen LogP contribution in [0.1, 0.15) is 12.0 Å². The van der Waals surface area contributed by atoms with Gasteiger partial charge in [-0.1, -0.05) is 28.1 Å². The molecule has 1 amide bonds. The molecule has 0 aliphatic rings. The summed E-state index contributed by atoms with van der Waals surface area (Å²) in [6.07, 6.45) is 0.845. The lowest BCUT2D eigenvalue weighted by atomic mass is 10.2. The standard InChI is InChI=1S/C14H22BrN3O/c1-17(10-12-5-3-6-13(15)9-12)11-14(19)18(2)8-4-7-16/h3,5-6,9H,4,7-8,10-11,16H2,1-2H3. The molecular formula is C14H22BrN3O. The second-order valence-corrected chi connectivity index (χ2v) is 5.68. The monoisotopic (exact) mass is 327 g/mol. The van der Waals surface area contributed by atoms with Crippen molar-refractivity contribution in [3.63, 3.8) is 0 Å². The van der Waals surface area contributed by atoms with Gasteiger partial charge in [-0.05, 0) is 37.7 Å². The van der Waals surface area contributed by atoms with Crippen LogP contribution in [0.15, 0.2) is 28.7 Å². The average molecular weight is 328 g/mol. The molecule has 0 atom stereocenters. The molecule has 0 heterocycles. The summed E-state index contributed by atoms with van der Waals surface area (Å²) in [5.41, 5.74) is 6.63.